The molecule has 3 nitrogen and oxygen atoms in total. The number of hydrogen-bond donors (Lipinski definition) is 1. The summed E-state index contributed by atoms with van der Waals surface area (Å²) in [5.41, 5.74) is 2.77. The van der Waals surface area contributed by atoms with Crippen molar-refractivity contribution >= 4 is 21.6 Å². The summed E-state index contributed by atoms with van der Waals surface area (Å²) in [4.78, 5) is 0. The lowest BCUT2D eigenvalue weighted by molar-refractivity contribution is 0.414. The molecular weight excluding hydrogens is 304 g/mol. The number of ether oxygens (including phenoxy) is 1. The van der Waals surface area contributed by atoms with Crippen LogP contribution in [0.5, 0.6) is 5.75 Å². The van der Waals surface area contributed by atoms with Gasteiger partial charge in [0.25, 0.3) is 0 Å². The van der Waals surface area contributed by atoms with E-state index >= 15 is 0 Å². The maximum Gasteiger partial charge on any atom is 0.118 e. The molecule has 0 aliphatic rings. The second-order valence-corrected chi connectivity index (χ2v) is 4.86. The van der Waals surface area contributed by atoms with Crippen LogP contribution < -0.4 is 10.1 Å². The molecule has 0 amide bonds. The largest absolute Gasteiger partial charge is 0.497 e. The first-order valence-corrected chi connectivity index (χ1v) is 6.58. The van der Waals surface area contributed by atoms with E-state index < -0.39 is 0 Å². The Morgan fingerprint density at radius 1 is 1.21 bits per heavy atom. The highest BCUT2D eigenvalue weighted by Gasteiger charge is 2.01. The third-order valence-electron chi connectivity index (χ3n) is 2.74. The molecule has 2 aromatic carbocycles. The molecule has 96 valence electrons. The van der Waals surface area contributed by atoms with Crippen LogP contribution in [0, 0.1) is 11.3 Å². The van der Waals surface area contributed by atoms with Crippen molar-refractivity contribution in [2.75, 3.05) is 12.4 Å². The number of hydrogen-bond acceptors (Lipinski definition) is 3. The van der Waals surface area contributed by atoms with Crippen molar-refractivity contribution in [2.45, 2.75) is 6.54 Å². The molecule has 0 aliphatic carbocycles. The quantitative estimate of drug-likeness (QED) is 0.929. The van der Waals surface area contributed by atoms with Crippen LogP contribution >= 0.6 is 15.9 Å². The van der Waals surface area contributed by atoms with Crippen molar-refractivity contribution < 1.29 is 4.74 Å². The fourth-order valence-corrected chi connectivity index (χ4v) is 2.19. The summed E-state index contributed by atoms with van der Waals surface area (Å²) in [6.45, 7) is 0.717. The monoisotopic (exact) mass is 316 g/mol. The SMILES string of the molecule is COc1ccc(CNc2ccc(C#N)cc2Br)cc1. The summed E-state index contributed by atoms with van der Waals surface area (Å²) < 4.78 is 6.01. The summed E-state index contributed by atoms with van der Waals surface area (Å²) in [5.74, 6) is 0.850. The van der Waals surface area contributed by atoms with Gasteiger partial charge in [-0.1, -0.05) is 12.1 Å². The van der Waals surface area contributed by atoms with Gasteiger partial charge in [0.2, 0.25) is 0 Å². The molecule has 0 radical (unpaired) electrons. The Balaban J connectivity index is 2.04. The number of nitrogens with zero attached hydrogens (tertiary/aromatic N) is 1. The second kappa shape index (κ2) is 6.26. The van der Waals surface area contributed by atoms with Crippen molar-refractivity contribution in [2.24, 2.45) is 0 Å². The Hall–Kier alpha value is -1.99. The molecule has 0 fully saturated rings. The standard InChI is InChI=1S/C15H13BrN2O/c1-19-13-5-2-11(3-6-13)10-18-15-7-4-12(9-17)8-14(15)16/h2-8,18H,10H2,1H3. The molecule has 0 saturated heterocycles. The van der Waals surface area contributed by atoms with Crippen molar-refractivity contribution in [1.29, 1.82) is 5.26 Å². The lowest BCUT2D eigenvalue weighted by Gasteiger charge is -2.09. The average molecular weight is 317 g/mol. The number of benzene rings is 2. The van der Waals surface area contributed by atoms with Gasteiger partial charge in [-0.2, -0.15) is 5.26 Å². The lowest BCUT2D eigenvalue weighted by Crippen LogP contribution is -2.00. The number of methoxy groups -OCH3 is 1. The Bertz CT molecular complexity index is 603. The van der Waals surface area contributed by atoms with Gasteiger partial charge in [0.1, 0.15) is 5.75 Å². The minimum absolute atomic E-state index is 0.641. The van der Waals surface area contributed by atoms with Crippen LogP contribution in [0.25, 0.3) is 0 Å². The summed E-state index contributed by atoms with van der Waals surface area (Å²) in [5, 5.41) is 12.1. The number of rotatable bonds is 4. The summed E-state index contributed by atoms with van der Waals surface area (Å²) >= 11 is 3.45. The Kier molecular flexibility index (Phi) is 4.43. The van der Waals surface area contributed by atoms with E-state index in [4.69, 9.17) is 10.00 Å². The van der Waals surface area contributed by atoms with Crippen molar-refractivity contribution in [3.05, 3.63) is 58.1 Å². The third-order valence-corrected chi connectivity index (χ3v) is 3.40. The minimum Gasteiger partial charge on any atom is -0.497 e. The van der Waals surface area contributed by atoms with E-state index in [2.05, 4.69) is 27.3 Å². The summed E-state index contributed by atoms with van der Waals surface area (Å²) in [6, 6.07) is 15.5. The smallest absolute Gasteiger partial charge is 0.118 e. The Labute approximate surface area is 121 Å². The van der Waals surface area contributed by atoms with E-state index in [1.807, 2.05) is 30.3 Å². The predicted octanol–water partition coefficient (Wildman–Crippen LogP) is 3.94. The normalized spacial score (nSPS) is 9.74. The zero-order valence-corrected chi connectivity index (χ0v) is 12.1. The van der Waals surface area contributed by atoms with Crippen molar-refractivity contribution in [3.63, 3.8) is 0 Å². The molecule has 0 heterocycles. The average Bonchev–Trinajstić information content (AvgIpc) is 2.46. The first kappa shape index (κ1) is 13.4. The second-order valence-electron chi connectivity index (χ2n) is 4.01. The topological polar surface area (TPSA) is 45.0 Å². The predicted molar refractivity (Wildman–Crippen MR) is 79.2 cm³/mol. The highest BCUT2D eigenvalue weighted by molar-refractivity contribution is 9.10. The van der Waals surface area contributed by atoms with Crippen LogP contribution in [0.15, 0.2) is 46.9 Å². The molecule has 2 aromatic rings. The molecule has 0 bridgehead atoms. The molecule has 4 heteroatoms. The number of nitriles is 1. The molecular formula is C15H13BrN2O. The van der Waals surface area contributed by atoms with Crippen LogP contribution in [0.4, 0.5) is 5.69 Å². The van der Waals surface area contributed by atoms with Gasteiger partial charge >= 0.3 is 0 Å². The number of halogens is 1. The molecule has 1 N–H and O–H groups in total. The van der Waals surface area contributed by atoms with E-state index in [1.54, 1.807) is 19.2 Å². The summed E-state index contributed by atoms with van der Waals surface area (Å²) in [6.07, 6.45) is 0. The number of anilines is 1. The maximum atomic E-state index is 8.81. The first-order chi connectivity index (χ1) is 9.22. The highest BCUT2D eigenvalue weighted by atomic mass is 79.9. The van der Waals surface area contributed by atoms with Gasteiger partial charge < -0.3 is 10.1 Å². The molecule has 0 saturated carbocycles. The first-order valence-electron chi connectivity index (χ1n) is 5.79. The Morgan fingerprint density at radius 2 is 1.95 bits per heavy atom. The van der Waals surface area contributed by atoms with Gasteiger partial charge in [0.05, 0.1) is 18.7 Å². The molecule has 0 aliphatic heterocycles. The van der Waals surface area contributed by atoms with Crippen LogP contribution in [0.2, 0.25) is 0 Å². The van der Waals surface area contributed by atoms with E-state index in [0.29, 0.717) is 12.1 Å². The van der Waals surface area contributed by atoms with Crippen LogP contribution in [0.1, 0.15) is 11.1 Å². The van der Waals surface area contributed by atoms with E-state index in [9.17, 15) is 0 Å². The van der Waals surface area contributed by atoms with Crippen molar-refractivity contribution in [1.82, 2.24) is 0 Å². The zero-order chi connectivity index (χ0) is 13.7. The van der Waals surface area contributed by atoms with Crippen molar-refractivity contribution in [3.8, 4) is 11.8 Å². The fraction of sp³-hybridized carbons (Fsp3) is 0.133. The van der Waals surface area contributed by atoms with Gasteiger partial charge in [-0.15, -0.1) is 0 Å². The maximum absolute atomic E-state index is 8.81. The number of nitrogens with one attached hydrogen (secondary N) is 1. The molecule has 0 spiro atoms. The fourth-order valence-electron chi connectivity index (χ4n) is 1.67. The molecule has 19 heavy (non-hydrogen) atoms. The van der Waals surface area contributed by atoms with Gasteiger partial charge in [-0.25, -0.2) is 0 Å². The summed E-state index contributed by atoms with van der Waals surface area (Å²) in [7, 11) is 1.65. The van der Waals surface area contributed by atoms with Crippen LogP contribution in [-0.4, -0.2) is 7.11 Å². The zero-order valence-electron chi connectivity index (χ0n) is 10.5. The molecule has 0 atom stereocenters. The third kappa shape index (κ3) is 3.49. The molecule has 0 aromatic heterocycles. The van der Waals surface area contributed by atoms with Crippen LogP contribution in [0.3, 0.4) is 0 Å². The molecule has 0 unspecified atom stereocenters. The van der Waals surface area contributed by atoms with Gasteiger partial charge in [0.15, 0.2) is 0 Å². The van der Waals surface area contributed by atoms with Gasteiger partial charge in [-0.3, -0.25) is 0 Å². The van der Waals surface area contributed by atoms with Gasteiger partial charge in [0, 0.05) is 16.7 Å². The minimum atomic E-state index is 0.641. The lowest BCUT2D eigenvalue weighted by atomic mass is 10.2. The van der Waals surface area contributed by atoms with Gasteiger partial charge in [-0.05, 0) is 51.8 Å². The molecule has 2 rings (SSSR count). The van der Waals surface area contributed by atoms with E-state index in [1.165, 1.54) is 0 Å². The highest BCUT2D eigenvalue weighted by Crippen LogP contribution is 2.24. The van der Waals surface area contributed by atoms with E-state index in [0.717, 1.165) is 21.5 Å². The van der Waals surface area contributed by atoms with Crippen LogP contribution in [-0.2, 0) is 6.54 Å². The Morgan fingerprint density at radius 3 is 2.53 bits per heavy atom. The van der Waals surface area contributed by atoms with E-state index in [-0.39, 0.29) is 0 Å².